The van der Waals surface area contributed by atoms with Crippen molar-refractivity contribution in [1.29, 1.82) is 0 Å². The number of carbonyl (C=O) groups is 2. The Labute approximate surface area is 167 Å². The number of rotatable bonds is 8. The average Bonchev–Trinajstić information content (AvgIpc) is 2.67. The van der Waals surface area contributed by atoms with Crippen LogP contribution < -0.4 is 10.6 Å². The Kier molecular flexibility index (Phi) is 8.54. The van der Waals surface area contributed by atoms with Crippen molar-refractivity contribution in [1.82, 2.24) is 20.4 Å². The molecule has 2 N–H and O–H groups in total. The molecule has 2 unspecified atom stereocenters. The molecular formula is C20H31ClN4O2. The van der Waals surface area contributed by atoms with Crippen molar-refractivity contribution >= 4 is 23.4 Å². The van der Waals surface area contributed by atoms with Gasteiger partial charge in [-0.2, -0.15) is 0 Å². The second-order valence-corrected chi connectivity index (χ2v) is 7.65. The van der Waals surface area contributed by atoms with Crippen molar-refractivity contribution in [3.63, 3.8) is 0 Å². The number of carbonyl (C=O) groups excluding carboxylic acids is 2. The first-order chi connectivity index (χ1) is 12.9. The number of benzene rings is 1. The maximum atomic E-state index is 12.4. The third-order valence-electron chi connectivity index (χ3n) is 5.10. The van der Waals surface area contributed by atoms with Crippen LogP contribution in [0.3, 0.4) is 0 Å². The van der Waals surface area contributed by atoms with Crippen LogP contribution in [0.1, 0.15) is 32.8 Å². The highest BCUT2D eigenvalue weighted by Gasteiger charge is 2.26. The van der Waals surface area contributed by atoms with Gasteiger partial charge in [0.05, 0.1) is 12.6 Å². The first-order valence-corrected chi connectivity index (χ1v) is 10.0. The molecule has 1 fully saturated rings. The number of halogens is 1. The third-order valence-corrected chi connectivity index (χ3v) is 5.35. The van der Waals surface area contributed by atoms with E-state index in [4.69, 9.17) is 11.6 Å². The van der Waals surface area contributed by atoms with Crippen LogP contribution in [0.5, 0.6) is 0 Å². The van der Waals surface area contributed by atoms with E-state index in [1.165, 1.54) is 0 Å². The first-order valence-electron chi connectivity index (χ1n) is 9.67. The predicted octanol–water partition coefficient (Wildman–Crippen LogP) is 1.88. The van der Waals surface area contributed by atoms with Gasteiger partial charge in [0.1, 0.15) is 0 Å². The molecule has 1 aromatic rings. The van der Waals surface area contributed by atoms with Gasteiger partial charge in [-0.05, 0) is 38.0 Å². The standard InChI is InChI=1S/C20H31ClN4O2/c1-4-15(2)23-19(26)14-24-9-11-25(12-10-24)16(3)20(27)22-13-17-5-7-18(21)8-6-17/h5-8,15-16H,4,9-14H2,1-3H3,(H,22,27)(H,23,26). The number of piperazine rings is 1. The van der Waals surface area contributed by atoms with Crippen LogP contribution in [0.2, 0.25) is 5.02 Å². The molecule has 1 aromatic carbocycles. The number of amides is 2. The summed E-state index contributed by atoms with van der Waals surface area (Å²) >= 11 is 5.88. The van der Waals surface area contributed by atoms with Crippen LogP contribution in [0.4, 0.5) is 0 Å². The summed E-state index contributed by atoms with van der Waals surface area (Å²) in [5.74, 6) is 0.0967. The highest BCUT2D eigenvalue weighted by atomic mass is 35.5. The molecule has 0 spiro atoms. The molecule has 0 aliphatic carbocycles. The van der Waals surface area contributed by atoms with E-state index < -0.39 is 0 Å². The van der Waals surface area contributed by atoms with Crippen LogP contribution in [0.25, 0.3) is 0 Å². The van der Waals surface area contributed by atoms with Gasteiger partial charge in [0.2, 0.25) is 11.8 Å². The molecular weight excluding hydrogens is 364 g/mol. The number of hydrogen-bond acceptors (Lipinski definition) is 4. The Bertz CT molecular complexity index is 615. The van der Waals surface area contributed by atoms with Gasteiger partial charge in [-0.1, -0.05) is 30.7 Å². The van der Waals surface area contributed by atoms with Crippen LogP contribution in [-0.2, 0) is 16.1 Å². The number of hydrogen-bond donors (Lipinski definition) is 2. The quantitative estimate of drug-likeness (QED) is 0.706. The number of nitrogens with zero attached hydrogens (tertiary/aromatic N) is 2. The molecule has 2 atom stereocenters. The molecule has 1 aliphatic heterocycles. The van der Waals surface area contributed by atoms with Crippen molar-refractivity contribution in [3.05, 3.63) is 34.9 Å². The minimum Gasteiger partial charge on any atom is -0.353 e. The van der Waals surface area contributed by atoms with Gasteiger partial charge in [-0.3, -0.25) is 19.4 Å². The summed E-state index contributed by atoms with van der Waals surface area (Å²) in [6.45, 7) is 10.1. The molecule has 2 rings (SSSR count). The molecule has 1 heterocycles. The van der Waals surface area contributed by atoms with E-state index in [0.717, 1.165) is 38.2 Å². The zero-order valence-corrected chi connectivity index (χ0v) is 17.3. The average molecular weight is 395 g/mol. The minimum absolute atomic E-state index is 0.0212. The van der Waals surface area contributed by atoms with Crippen molar-refractivity contribution < 1.29 is 9.59 Å². The maximum Gasteiger partial charge on any atom is 0.237 e. The summed E-state index contributed by atoms with van der Waals surface area (Å²) in [4.78, 5) is 28.8. The van der Waals surface area contributed by atoms with Gasteiger partial charge >= 0.3 is 0 Å². The highest BCUT2D eigenvalue weighted by molar-refractivity contribution is 6.30. The lowest BCUT2D eigenvalue weighted by Crippen LogP contribution is -2.55. The summed E-state index contributed by atoms with van der Waals surface area (Å²) in [7, 11) is 0. The van der Waals surface area contributed by atoms with E-state index in [1.807, 2.05) is 38.1 Å². The Hall–Kier alpha value is -1.63. The summed E-state index contributed by atoms with van der Waals surface area (Å²) in [5.41, 5.74) is 1.03. The summed E-state index contributed by atoms with van der Waals surface area (Å²) in [5, 5.41) is 6.67. The van der Waals surface area contributed by atoms with Gasteiger partial charge < -0.3 is 10.6 Å². The predicted molar refractivity (Wildman–Crippen MR) is 109 cm³/mol. The van der Waals surface area contributed by atoms with Crippen LogP contribution in [0, 0.1) is 0 Å². The summed E-state index contributed by atoms with van der Waals surface area (Å²) < 4.78 is 0. The van der Waals surface area contributed by atoms with Crippen molar-refractivity contribution in [2.75, 3.05) is 32.7 Å². The topological polar surface area (TPSA) is 64.7 Å². The van der Waals surface area contributed by atoms with Gasteiger partial charge in [0, 0.05) is 43.8 Å². The molecule has 7 heteroatoms. The third kappa shape index (κ3) is 7.13. The van der Waals surface area contributed by atoms with Crippen molar-refractivity contribution in [2.45, 2.75) is 45.8 Å². The molecule has 0 bridgehead atoms. The molecule has 0 saturated carbocycles. The summed E-state index contributed by atoms with van der Waals surface area (Å²) in [6.07, 6.45) is 0.933. The Morgan fingerprint density at radius 3 is 2.33 bits per heavy atom. The molecule has 27 heavy (non-hydrogen) atoms. The highest BCUT2D eigenvalue weighted by Crippen LogP contribution is 2.10. The molecule has 0 aromatic heterocycles. The van der Waals surface area contributed by atoms with E-state index in [9.17, 15) is 9.59 Å². The molecule has 0 radical (unpaired) electrons. The van der Waals surface area contributed by atoms with E-state index in [-0.39, 0.29) is 23.9 Å². The summed E-state index contributed by atoms with van der Waals surface area (Å²) in [6, 6.07) is 7.50. The SMILES string of the molecule is CCC(C)NC(=O)CN1CCN(C(C)C(=O)NCc2ccc(Cl)cc2)CC1. The second-order valence-electron chi connectivity index (χ2n) is 7.21. The minimum atomic E-state index is -0.187. The van der Waals surface area contributed by atoms with Crippen molar-refractivity contribution in [3.8, 4) is 0 Å². The van der Waals surface area contributed by atoms with E-state index in [1.54, 1.807) is 0 Å². The Morgan fingerprint density at radius 1 is 1.11 bits per heavy atom. The zero-order chi connectivity index (χ0) is 19.8. The fraction of sp³-hybridized carbons (Fsp3) is 0.600. The van der Waals surface area contributed by atoms with Crippen LogP contribution in [-0.4, -0.2) is 66.4 Å². The van der Waals surface area contributed by atoms with Gasteiger partial charge in [-0.15, -0.1) is 0 Å². The lowest BCUT2D eigenvalue weighted by atomic mass is 10.2. The van der Waals surface area contributed by atoms with E-state index in [0.29, 0.717) is 18.1 Å². The lowest BCUT2D eigenvalue weighted by Gasteiger charge is -2.37. The molecule has 6 nitrogen and oxygen atoms in total. The fourth-order valence-corrected chi connectivity index (χ4v) is 3.17. The first kappa shape index (κ1) is 21.7. The molecule has 1 saturated heterocycles. The fourth-order valence-electron chi connectivity index (χ4n) is 3.04. The normalized spacial score (nSPS) is 17.9. The monoisotopic (exact) mass is 394 g/mol. The van der Waals surface area contributed by atoms with Gasteiger partial charge in [-0.25, -0.2) is 0 Å². The largest absolute Gasteiger partial charge is 0.353 e. The van der Waals surface area contributed by atoms with E-state index in [2.05, 4.69) is 27.4 Å². The second kappa shape index (κ2) is 10.6. The van der Waals surface area contributed by atoms with E-state index >= 15 is 0 Å². The molecule has 1 aliphatic rings. The smallest absolute Gasteiger partial charge is 0.237 e. The Morgan fingerprint density at radius 2 is 1.74 bits per heavy atom. The lowest BCUT2D eigenvalue weighted by molar-refractivity contribution is -0.128. The van der Waals surface area contributed by atoms with Gasteiger partial charge in [0.25, 0.3) is 0 Å². The maximum absolute atomic E-state index is 12.4. The van der Waals surface area contributed by atoms with Crippen LogP contribution in [0.15, 0.2) is 24.3 Å². The van der Waals surface area contributed by atoms with Gasteiger partial charge in [0.15, 0.2) is 0 Å². The zero-order valence-electron chi connectivity index (χ0n) is 16.5. The number of nitrogens with one attached hydrogen (secondary N) is 2. The van der Waals surface area contributed by atoms with Crippen molar-refractivity contribution in [2.24, 2.45) is 0 Å². The molecule has 2 amide bonds. The molecule has 150 valence electrons. The Balaban J connectivity index is 1.71. The van der Waals surface area contributed by atoms with Crippen LogP contribution >= 0.6 is 11.6 Å².